The largest absolute Gasteiger partial charge is 0.447 e. The van der Waals surface area contributed by atoms with Gasteiger partial charge in [-0.05, 0) is 25.5 Å². The second kappa shape index (κ2) is 8.60. The molecule has 0 aliphatic carbocycles. The Kier molecular flexibility index (Phi) is 5.98. The number of nitrogens with one attached hydrogen (secondary N) is 1. The third-order valence-corrected chi connectivity index (χ3v) is 4.37. The number of esters is 1. The van der Waals surface area contributed by atoms with E-state index in [9.17, 15) is 14.4 Å². The molecule has 1 fully saturated rings. The standard InChI is InChI=1S/C21H21NO5/c1-14(23)16-8-5-9-18(12-16)22-20(24)19(15-6-3-2-4-7-15)27-21(25)17-10-11-26-13-17/h2-9,12,17,19H,10-11,13H2,1H3,(H,22,24)/t17-,19+/m0/s1. The van der Waals surface area contributed by atoms with Crippen molar-refractivity contribution >= 4 is 23.3 Å². The molecule has 1 saturated heterocycles. The van der Waals surface area contributed by atoms with E-state index >= 15 is 0 Å². The third-order valence-electron chi connectivity index (χ3n) is 4.37. The Balaban J connectivity index is 1.79. The molecule has 2 atom stereocenters. The molecule has 0 spiro atoms. The van der Waals surface area contributed by atoms with Crippen LogP contribution < -0.4 is 5.32 Å². The number of ether oxygens (including phenoxy) is 2. The number of amides is 1. The average Bonchev–Trinajstić information content (AvgIpc) is 3.21. The molecule has 1 aliphatic heterocycles. The summed E-state index contributed by atoms with van der Waals surface area (Å²) in [5.74, 6) is -1.38. The summed E-state index contributed by atoms with van der Waals surface area (Å²) in [6, 6.07) is 15.5. The quantitative estimate of drug-likeness (QED) is 0.626. The van der Waals surface area contributed by atoms with Gasteiger partial charge in [-0.25, -0.2) is 0 Å². The topological polar surface area (TPSA) is 81.7 Å². The summed E-state index contributed by atoms with van der Waals surface area (Å²) < 4.78 is 10.8. The van der Waals surface area contributed by atoms with Gasteiger partial charge in [0.2, 0.25) is 6.10 Å². The Hall–Kier alpha value is -2.99. The van der Waals surface area contributed by atoms with Gasteiger partial charge in [0.1, 0.15) is 0 Å². The van der Waals surface area contributed by atoms with E-state index in [0.717, 1.165) is 0 Å². The minimum atomic E-state index is -1.08. The van der Waals surface area contributed by atoms with Crippen LogP contribution in [-0.2, 0) is 19.1 Å². The summed E-state index contributed by atoms with van der Waals surface area (Å²) in [5, 5.41) is 2.73. The predicted molar refractivity (Wildman–Crippen MR) is 99.3 cm³/mol. The minimum absolute atomic E-state index is 0.0987. The molecule has 0 unspecified atom stereocenters. The Morgan fingerprint density at radius 2 is 1.89 bits per heavy atom. The lowest BCUT2D eigenvalue weighted by Gasteiger charge is -2.20. The van der Waals surface area contributed by atoms with Crippen LogP contribution in [0, 0.1) is 5.92 Å². The maximum absolute atomic E-state index is 12.8. The maximum Gasteiger partial charge on any atom is 0.312 e. The fourth-order valence-electron chi connectivity index (χ4n) is 2.86. The molecule has 140 valence electrons. The zero-order valence-corrected chi connectivity index (χ0v) is 15.0. The molecule has 6 heteroatoms. The molecule has 0 radical (unpaired) electrons. The molecule has 3 rings (SSSR count). The van der Waals surface area contributed by atoms with E-state index < -0.39 is 18.0 Å². The first kappa shape index (κ1) is 18.8. The predicted octanol–water partition coefficient (Wildman–Crippen LogP) is 3.15. The van der Waals surface area contributed by atoms with Gasteiger partial charge in [0.15, 0.2) is 5.78 Å². The van der Waals surface area contributed by atoms with Crippen molar-refractivity contribution in [3.05, 3.63) is 65.7 Å². The van der Waals surface area contributed by atoms with Gasteiger partial charge in [0, 0.05) is 23.4 Å². The zero-order chi connectivity index (χ0) is 19.2. The van der Waals surface area contributed by atoms with E-state index in [-0.39, 0.29) is 11.7 Å². The molecule has 1 aliphatic rings. The number of ketones is 1. The molecule has 2 aromatic carbocycles. The van der Waals surface area contributed by atoms with Gasteiger partial charge in [-0.2, -0.15) is 0 Å². The van der Waals surface area contributed by atoms with Gasteiger partial charge in [0.05, 0.1) is 12.5 Å². The van der Waals surface area contributed by atoms with E-state index in [1.54, 1.807) is 48.5 Å². The van der Waals surface area contributed by atoms with Crippen LogP contribution in [0.3, 0.4) is 0 Å². The summed E-state index contributed by atoms with van der Waals surface area (Å²) in [6.07, 6.45) is -0.497. The highest BCUT2D eigenvalue weighted by Gasteiger charge is 2.31. The number of rotatable bonds is 6. The number of carbonyl (C=O) groups excluding carboxylic acids is 3. The second-order valence-electron chi connectivity index (χ2n) is 6.41. The van der Waals surface area contributed by atoms with Gasteiger partial charge in [-0.1, -0.05) is 42.5 Å². The first-order valence-electron chi connectivity index (χ1n) is 8.79. The van der Waals surface area contributed by atoms with Crippen LogP contribution in [0.4, 0.5) is 5.69 Å². The molecule has 0 aromatic heterocycles. The van der Waals surface area contributed by atoms with Crippen LogP contribution in [0.5, 0.6) is 0 Å². The summed E-state index contributed by atoms with van der Waals surface area (Å²) in [7, 11) is 0. The smallest absolute Gasteiger partial charge is 0.312 e. The SMILES string of the molecule is CC(=O)c1cccc(NC(=O)[C@H](OC(=O)[C@H]2CCOC2)c2ccccc2)c1. The highest BCUT2D eigenvalue weighted by molar-refractivity contribution is 5.99. The lowest BCUT2D eigenvalue weighted by Crippen LogP contribution is -2.29. The lowest BCUT2D eigenvalue weighted by atomic mass is 10.1. The molecular formula is C21H21NO5. The number of hydrogen-bond acceptors (Lipinski definition) is 5. The van der Waals surface area contributed by atoms with Crippen LogP contribution in [0.25, 0.3) is 0 Å². The Morgan fingerprint density at radius 3 is 2.56 bits per heavy atom. The molecule has 27 heavy (non-hydrogen) atoms. The van der Waals surface area contributed by atoms with Crippen molar-refractivity contribution in [2.45, 2.75) is 19.4 Å². The maximum atomic E-state index is 12.8. The first-order chi connectivity index (χ1) is 13.0. The first-order valence-corrected chi connectivity index (χ1v) is 8.79. The molecular weight excluding hydrogens is 346 g/mol. The van der Waals surface area contributed by atoms with Crippen molar-refractivity contribution in [1.82, 2.24) is 0 Å². The van der Waals surface area contributed by atoms with E-state index in [4.69, 9.17) is 9.47 Å². The lowest BCUT2D eigenvalue weighted by molar-refractivity contribution is -0.158. The third kappa shape index (κ3) is 4.80. The van der Waals surface area contributed by atoms with E-state index in [0.29, 0.717) is 36.4 Å². The van der Waals surface area contributed by atoms with Crippen molar-refractivity contribution in [3.8, 4) is 0 Å². The molecule has 0 saturated carbocycles. The summed E-state index contributed by atoms with van der Waals surface area (Å²) in [5.41, 5.74) is 1.53. The summed E-state index contributed by atoms with van der Waals surface area (Å²) >= 11 is 0. The molecule has 1 N–H and O–H groups in total. The van der Waals surface area contributed by atoms with E-state index in [1.807, 2.05) is 6.07 Å². The van der Waals surface area contributed by atoms with Crippen molar-refractivity contribution in [3.63, 3.8) is 0 Å². The number of Topliss-reactive ketones (excluding diaryl/α,β-unsaturated/α-hetero) is 1. The molecule has 6 nitrogen and oxygen atoms in total. The second-order valence-corrected chi connectivity index (χ2v) is 6.41. The number of hydrogen-bond donors (Lipinski definition) is 1. The highest BCUT2D eigenvalue weighted by Crippen LogP contribution is 2.24. The van der Waals surface area contributed by atoms with Crippen LogP contribution in [0.1, 0.15) is 35.4 Å². The van der Waals surface area contributed by atoms with Crippen LogP contribution >= 0.6 is 0 Å². The number of benzene rings is 2. The Bertz CT molecular complexity index is 827. The minimum Gasteiger partial charge on any atom is -0.447 e. The Labute approximate surface area is 157 Å². The molecule has 2 aromatic rings. The summed E-state index contributed by atoms with van der Waals surface area (Å²) in [6.45, 7) is 2.28. The normalized spacial score (nSPS) is 17.1. The van der Waals surface area contributed by atoms with Crippen LogP contribution in [0.2, 0.25) is 0 Å². The van der Waals surface area contributed by atoms with E-state index in [2.05, 4.69) is 5.32 Å². The molecule has 0 bridgehead atoms. The van der Waals surface area contributed by atoms with Crippen LogP contribution in [0.15, 0.2) is 54.6 Å². The average molecular weight is 367 g/mol. The van der Waals surface area contributed by atoms with Crippen LogP contribution in [-0.4, -0.2) is 30.9 Å². The van der Waals surface area contributed by atoms with Gasteiger partial charge in [0.25, 0.3) is 5.91 Å². The van der Waals surface area contributed by atoms with E-state index in [1.165, 1.54) is 6.92 Å². The molecule has 1 amide bonds. The number of anilines is 1. The van der Waals surface area contributed by atoms with Gasteiger partial charge >= 0.3 is 5.97 Å². The number of carbonyl (C=O) groups is 3. The van der Waals surface area contributed by atoms with Crippen molar-refractivity contribution in [1.29, 1.82) is 0 Å². The van der Waals surface area contributed by atoms with Crippen molar-refractivity contribution in [2.24, 2.45) is 5.92 Å². The van der Waals surface area contributed by atoms with Crippen molar-refractivity contribution in [2.75, 3.05) is 18.5 Å². The Morgan fingerprint density at radius 1 is 1.11 bits per heavy atom. The fourth-order valence-corrected chi connectivity index (χ4v) is 2.86. The van der Waals surface area contributed by atoms with Gasteiger partial charge in [-0.3, -0.25) is 14.4 Å². The van der Waals surface area contributed by atoms with Gasteiger partial charge in [-0.15, -0.1) is 0 Å². The highest BCUT2D eigenvalue weighted by atomic mass is 16.6. The monoisotopic (exact) mass is 367 g/mol. The van der Waals surface area contributed by atoms with Gasteiger partial charge < -0.3 is 14.8 Å². The van der Waals surface area contributed by atoms with Crippen molar-refractivity contribution < 1.29 is 23.9 Å². The zero-order valence-electron chi connectivity index (χ0n) is 15.0. The molecule has 1 heterocycles. The fraction of sp³-hybridized carbons (Fsp3) is 0.286. The summed E-state index contributed by atoms with van der Waals surface area (Å²) in [4.78, 5) is 36.8.